The number of nitrogens with zero attached hydrogens (tertiary/aromatic N) is 1. The van der Waals surface area contributed by atoms with Crippen LogP contribution in [-0.4, -0.2) is 10.2 Å². The van der Waals surface area contributed by atoms with Gasteiger partial charge in [0, 0.05) is 12.2 Å². The lowest BCUT2D eigenvalue weighted by molar-refractivity contribution is 0.473. The van der Waals surface area contributed by atoms with E-state index in [0.29, 0.717) is 5.69 Å². The van der Waals surface area contributed by atoms with Crippen LogP contribution in [-0.2, 0) is 6.54 Å². The quantitative estimate of drug-likeness (QED) is 0.415. The van der Waals surface area contributed by atoms with E-state index in [1.807, 2.05) is 6.07 Å². The van der Waals surface area contributed by atoms with Gasteiger partial charge in [-0.1, -0.05) is 12.1 Å². The first-order valence-electron chi connectivity index (χ1n) is 7.35. The first kappa shape index (κ1) is 16.1. The fourth-order valence-electron chi connectivity index (χ4n) is 2.38. The zero-order chi connectivity index (χ0) is 18.0. The van der Waals surface area contributed by atoms with Crippen molar-refractivity contribution in [1.29, 1.82) is 5.26 Å². The summed E-state index contributed by atoms with van der Waals surface area (Å²) in [5.41, 5.74) is 0.141. The van der Waals surface area contributed by atoms with Crippen LogP contribution in [0, 0.1) is 11.3 Å². The number of anilines is 3. The smallest absolute Gasteiger partial charge is 0.253 e. The van der Waals surface area contributed by atoms with Crippen LogP contribution in [0.15, 0.2) is 52.1 Å². The van der Waals surface area contributed by atoms with E-state index in [9.17, 15) is 19.8 Å². The molecule has 7 nitrogen and oxygen atoms in total. The van der Waals surface area contributed by atoms with Gasteiger partial charge in [-0.3, -0.25) is 9.59 Å². The summed E-state index contributed by atoms with van der Waals surface area (Å²) < 4.78 is 0. The van der Waals surface area contributed by atoms with Crippen LogP contribution in [0.25, 0.3) is 0 Å². The highest BCUT2D eigenvalue weighted by molar-refractivity contribution is 5.79. The molecule has 0 saturated heterocycles. The van der Waals surface area contributed by atoms with Crippen molar-refractivity contribution < 1.29 is 10.2 Å². The predicted octanol–water partition coefficient (Wildman–Crippen LogP) is 1.92. The van der Waals surface area contributed by atoms with E-state index in [-0.39, 0.29) is 35.0 Å². The molecule has 3 aromatic rings. The molecule has 0 spiro atoms. The number of nitriles is 1. The van der Waals surface area contributed by atoms with Gasteiger partial charge in [-0.25, -0.2) is 0 Å². The molecule has 124 valence electrons. The number of phenols is 2. The van der Waals surface area contributed by atoms with Gasteiger partial charge < -0.3 is 20.8 Å². The SMILES string of the molecule is N#Cc1cc(Nc2c(NCc3cccc(O)c3)c(=O)c2=O)ccc1O. The Balaban J connectivity index is 1.80. The normalized spacial score (nSPS) is 10.4. The van der Waals surface area contributed by atoms with Crippen molar-refractivity contribution in [2.45, 2.75) is 6.54 Å². The minimum absolute atomic E-state index is 0.0537. The predicted molar refractivity (Wildman–Crippen MR) is 92.9 cm³/mol. The summed E-state index contributed by atoms with van der Waals surface area (Å²) in [4.78, 5) is 23.6. The first-order chi connectivity index (χ1) is 12.0. The summed E-state index contributed by atoms with van der Waals surface area (Å²) >= 11 is 0. The Hall–Kier alpha value is -3.79. The second kappa shape index (κ2) is 6.37. The van der Waals surface area contributed by atoms with Crippen molar-refractivity contribution in [3.05, 3.63) is 74.0 Å². The van der Waals surface area contributed by atoms with Gasteiger partial charge in [0.15, 0.2) is 0 Å². The van der Waals surface area contributed by atoms with Crippen LogP contribution in [0.3, 0.4) is 0 Å². The lowest BCUT2D eigenvalue weighted by Gasteiger charge is -2.15. The van der Waals surface area contributed by atoms with Gasteiger partial charge >= 0.3 is 0 Å². The third-order valence-corrected chi connectivity index (χ3v) is 3.68. The number of hydrogen-bond donors (Lipinski definition) is 4. The molecule has 0 aliphatic rings. The van der Waals surface area contributed by atoms with Crippen LogP contribution in [0.1, 0.15) is 11.1 Å². The maximum Gasteiger partial charge on any atom is 0.253 e. The standard InChI is InChI=1S/C18H13N3O4/c19-8-11-7-12(4-5-14(11)23)21-16-15(17(24)18(16)25)20-9-10-2-1-3-13(22)6-10/h1-7,20-23H,9H2. The Bertz CT molecular complexity index is 1060. The highest BCUT2D eigenvalue weighted by Gasteiger charge is 2.21. The third-order valence-electron chi connectivity index (χ3n) is 3.68. The van der Waals surface area contributed by atoms with Crippen molar-refractivity contribution in [3.8, 4) is 17.6 Å². The lowest BCUT2D eigenvalue weighted by Crippen LogP contribution is -2.36. The summed E-state index contributed by atoms with van der Waals surface area (Å²) in [5, 5.41) is 33.5. The van der Waals surface area contributed by atoms with Crippen LogP contribution < -0.4 is 21.5 Å². The maximum atomic E-state index is 11.8. The summed E-state index contributed by atoms with van der Waals surface area (Å²) in [5.74, 6) is -0.0592. The molecule has 0 aliphatic carbocycles. The van der Waals surface area contributed by atoms with Crippen molar-refractivity contribution in [2.24, 2.45) is 0 Å². The summed E-state index contributed by atoms with van der Waals surface area (Å²) in [6, 6.07) is 12.6. The van der Waals surface area contributed by atoms with Crippen molar-refractivity contribution in [2.75, 3.05) is 10.6 Å². The Morgan fingerprint density at radius 2 is 1.76 bits per heavy atom. The molecule has 0 bridgehead atoms. The fourth-order valence-corrected chi connectivity index (χ4v) is 2.38. The Morgan fingerprint density at radius 3 is 2.48 bits per heavy atom. The van der Waals surface area contributed by atoms with Gasteiger partial charge in [0.25, 0.3) is 10.9 Å². The monoisotopic (exact) mass is 335 g/mol. The van der Waals surface area contributed by atoms with E-state index in [1.54, 1.807) is 18.2 Å². The molecule has 3 rings (SSSR count). The molecule has 0 atom stereocenters. The van der Waals surface area contributed by atoms with Gasteiger partial charge in [0.1, 0.15) is 28.9 Å². The molecule has 0 saturated carbocycles. The number of aromatic hydroxyl groups is 2. The minimum atomic E-state index is -0.662. The van der Waals surface area contributed by atoms with E-state index in [1.165, 1.54) is 24.3 Å². The Labute approximate surface area is 142 Å². The van der Waals surface area contributed by atoms with Crippen LogP contribution >= 0.6 is 0 Å². The lowest BCUT2D eigenvalue weighted by atomic mass is 10.1. The van der Waals surface area contributed by atoms with E-state index in [2.05, 4.69) is 10.6 Å². The molecule has 3 aromatic carbocycles. The average Bonchev–Trinajstić information content (AvgIpc) is 2.61. The molecule has 0 amide bonds. The summed E-state index contributed by atoms with van der Waals surface area (Å²) in [6.07, 6.45) is 0. The van der Waals surface area contributed by atoms with Gasteiger partial charge in [-0.15, -0.1) is 0 Å². The first-order valence-corrected chi connectivity index (χ1v) is 7.35. The van der Waals surface area contributed by atoms with Gasteiger partial charge in [-0.2, -0.15) is 5.26 Å². The summed E-state index contributed by atoms with van der Waals surface area (Å²) in [7, 11) is 0. The number of hydrogen-bond acceptors (Lipinski definition) is 7. The minimum Gasteiger partial charge on any atom is -0.508 e. The maximum absolute atomic E-state index is 11.8. The van der Waals surface area contributed by atoms with Crippen LogP contribution in [0.2, 0.25) is 0 Å². The molecular weight excluding hydrogens is 322 g/mol. The topological polar surface area (TPSA) is 122 Å². The molecule has 0 aliphatic heterocycles. The Kier molecular flexibility index (Phi) is 4.10. The van der Waals surface area contributed by atoms with Crippen molar-refractivity contribution >= 4 is 17.1 Å². The zero-order valence-electron chi connectivity index (χ0n) is 12.9. The second-order valence-corrected chi connectivity index (χ2v) is 5.40. The number of benzene rings is 2. The van der Waals surface area contributed by atoms with Crippen molar-refractivity contribution in [3.63, 3.8) is 0 Å². The molecule has 7 heteroatoms. The average molecular weight is 335 g/mol. The van der Waals surface area contributed by atoms with E-state index < -0.39 is 10.9 Å². The Morgan fingerprint density at radius 1 is 1.00 bits per heavy atom. The third kappa shape index (κ3) is 3.14. The number of rotatable bonds is 5. The molecule has 25 heavy (non-hydrogen) atoms. The zero-order valence-corrected chi connectivity index (χ0v) is 12.9. The largest absolute Gasteiger partial charge is 0.508 e. The van der Waals surface area contributed by atoms with Gasteiger partial charge in [0.2, 0.25) is 0 Å². The molecular formula is C18H13N3O4. The highest BCUT2D eigenvalue weighted by atomic mass is 16.3. The molecule has 0 fully saturated rings. The van der Waals surface area contributed by atoms with Crippen molar-refractivity contribution in [1.82, 2.24) is 0 Å². The molecule has 0 unspecified atom stereocenters. The van der Waals surface area contributed by atoms with E-state index in [0.717, 1.165) is 5.56 Å². The fraction of sp³-hybridized carbons (Fsp3) is 0.0556. The summed E-state index contributed by atoms with van der Waals surface area (Å²) in [6.45, 7) is 0.257. The van der Waals surface area contributed by atoms with Crippen LogP contribution in [0.4, 0.5) is 17.1 Å². The number of nitrogens with one attached hydrogen (secondary N) is 2. The molecule has 4 N–H and O–H groups in total. The highest BCUT2D eigenvalue weighted by Crippen LogP contribution is 2.25. The molecule has 0 heterocycles. The molecule has 0 radical (unpaired) electrons. The second-order valence-electron chi connectivity index (χ2n) is 5.40. The van der Waals surface area contributed by atoms with E-state index >= 15 is 0 Å². The molecule has 0 aromatic heterocycles. The van der Waals surface area contributed by atoms with Crippen LogP contribution in [0.5, 0.6) is 11.5 Å². The van der Waals surface area contributed by atoms with Gasteiger partial charge in [0.05, 0.1) is 5.56 Å². The van der Waals surface area contributed by atoms with Gasteiger partial charge in [-0.05, 0) is 35.9 Å². The van der Waals surface area contributed by atoms with E-state index in [4.69, 9.17) is 5.26 Å². The number of phenolic OH excluding ortho intramolecular Hbond substituents is 2.